The van der Waals surface area contributed by atoms with Crippen molar-refractivity contribution in [3.63, 3.8) is 0 Å². The van der Waals surface area contributed by atoms with Crippen molar-refractivity contribution >= 4 is 39.1 Å². The molecule has 0 saturated carbocycles. The van der Waals surface area contributed by atoms with Gasteiger partial charge >= 0.3 is 0 Å². The standard InChI is InChI=1S/C33H42ClN3O4S/c1-6-25(3)35-33(39)31(22-27-14-8-7-9-15-27)36(23-28-16-10-13-24(2)21-28)32(38)19-12-20-37(42(5,40)41)30-18-11-17-29(34)26(30)4/h7-11,13-18,21,25,31H,6,12,19-20,22-23H2,1-5H3,(H,35,39)/t25-,31-/m1/s1. The monoisotopic (exact) mass is 611 g/mol. The summed E-state index contributed by atoms with van der Waals surface area (Å²) in [6.07, 6.45) is 2.61. The van der Waals surface area contributed by atoms with Crippen LogP contribution in [0.1, 0.15) is 55.4 Å². The number of rotatable bonds is 14. The molecule has 2 amide bonds. The summed E-state index contributed by atoms with van der Waals surface area (Å²) < 4.78 is 26.8. The molecule has 9 heteroatoms. The van der Waals surface area contributed by atoms with Gasteiger partial charge < -0.3 is 10.2 Å². The highest BCUT2D eigenvalue weighted by atomic mass is 35.5. The molecule has 0 fully saturated rings. The first kappa shape index (κ1) is 33.1. The molecule has 0 spiro atoms. The number of halogens is 1. The maximum atomic E-state index is 14.0. The molecule has 0 bridgehead atoms. The third-order valence-corrected chi connectivity index (χ3v) is 8.96. The summed E-state index contributed by atoms with van der Waals surface area (Å²) in [5.41, 5.74) is 4.07. The third-order valence-electron chi connectivity index (χ3n) is 7.37. The van der Waals surface area contributed by atoms with E-state index in [-0.39, 0.29) is 43.8 Å². The zero-order chi connectivity index (χ0) is 30.9. The summed E-state index contributed by atoms with van der Waals surface area (Å²) in [4.78, 5) is 29.3. The van der Waals surface area contributed by atoms with E-state index >= 15 is 0 Å². The lowest BCUT2D eigenvalue weighted by atomic mass is 10.0. The number of hydrogen-bond acceptors (Lipinski definition) is 4. The van der Waals surface area contributed by atoms with Crippen molar-refractivity contribution in [3.8, 4) is 0 Å². The number of benzene rings is 3. The maximum Gasteiger partial charge on any atom is 0.243 e. The second-order valence-corrected chi connectivity index (χ2v) is 13.2. The van der Waals surface area contributed by atoms with Crippen LogP contribution in [0.4, 0.5) is 5.69 Å². The number of amides is 2. The molecule has 42 heavy (non-hydrogen) atoms. The van der Waals surface area contributed by atoms with Gasteiger partial charge in [0, 0.05) is 37.0 Å². The topological polar surface area (TPSA) is 86.8 Å². The molecule has 0 aliphatic heterocycles. The number of aryl methyl sites for hydroxylation is 1. The van der Waals surface area contributed by atoms with E-state index in [2.05, 4.69) is 5.32 Å². The van der Waals surface area contributed by atoms with Crippen LogP contribution in [0, 0.1) is 13.8 Å². The molecule has 0 heterocycles. The van der Waals surface area contributed by atoms with Crippen molar-refractivity contribution < 1.29 is 18.0 Å². The van der Waals surface area contributed by atoms with Gasteiger partial charge in [0.2, 0.25) is 21.8 Å². The summed E-state index contributed by atoms with van der Waals surface area (Å²) in [5, 5.41) is 3.55. The number of sulfonamides is 1. The van der Waals surface area contributed by atoms with Crippen LogP contribution in [-0.4, -0.2) is 50.0 Å². The first-order valence-corrected chi connectivity index (χ1v) is 16.6. The smallest absolute Gasteiger partial charge is 0.243 e. The molecule has 0 aliphatic rings. The second kappa shape index (κ2) is 15.2. The van der Waals surface area contributed by atoms with E-state index in [1.54, 1.807) is 30.0 Å². The zero-order valence-electron chi connectivity index (χ0n) is 25.1. The van der Waals surface area contributed by atoms with Gasteiger partial charge in [0.1, 0.15) is 6.04 Å². The minimum Gasteiger partial charge on any atom is -0.352 e. The highest BCUT2D eigenvalue weighted by Gasteiger charge is 2.31. The molecule has 3 aromatic rings. The highest BCUT2D eigenvalue weighted by molar-refractivity contribution is 7.92. The molecule has 3 aromatic carbocycles. The fourth-order valence-electron chi connectivity index (χ4n) is 4.85. The van der Waals surface area contributed by atoms with Crippen LogP contribution in [0.3, 0.4) is 0 Å². The van der Waals surface area contributed by atoms with Crippen LogP contribution in [0.2, 0.25) is 5.02 Å². The van der Waals surface area contributed by atoms with Gasteiger partial charge in [-0.05, 0) is 62.4 Å². The average molecular weight is 612 g/mol. The van der Waals surface area contributed by atoms with Gasteiger partial charge in [0.25, 0.3) is 0 Å². The fraction of sp³-hybridized carbons (Fsp3) is 0.394. The van der Waals surface area contributed by atoms with E-state index in [9.17, 15) is 18.0 Å². The van der Waals surface area contributed by atoms with Crippen LogP contribution in [0.15, 0.2) is 72.8 Å². The summed E-state index contributed by atoms with van der Waals surface area (Å²) in [6, 6.07) is 21.9. The Morgan fingerprint density at radius 1 is 0.952 bits per heavy atom. The minimum atomic E-state index is -3.63. The molecule has 226 valence electrons. The summed E-state index contributed by atoms with van der Waals surface area (Å²) >= 11 is 6.28. The molecule has 7 nitrogen and oxygen atoms in total. The van der Waals surface area contributed by atoms with Crippen molar-refractivity contribution in [2.45, 2.75) is 72.0 Å². The Kier molecular flexibility index (Phi) is 12.0. The SMILES string of the molecule is CC[C@@H](C)NC(=O)[C@@H](Cc1ccccc1)N(Cc1cccc(C)c1)C(=O)CCCN(c1cccc(Cl)c1C)S(C)(=O)=O. The summed E-state index contributed by atoms with van der Waals surface area (Å²) in [6.45, 7) is 8.07. The lowest BCUT2D eigenvalue weighted by Gasteiger charge is -2.33. The van der Waals surface area contributed by atoms with E-state index in [1.807, 2.05) is 75.4 Å². The quantitative estimate of drug-likeness (QED) is 0.240. The predicted octanol–water partition coefficient (Wildman–Crippen LogP) is 6.06. The molecule has 0 aromatic heterocycles. The Labute approximate surface area is 255 Å². The molecule has 0 aliphatic carbocycles. The van der Waals surface area contributed by atoms with Crippen LogP contribution < -0.4 is 9.62 Å². The number of anilines is 1. The second-order valence-electron chi connectivity index (χ2n) is 10.9. The molecule has 0 radical (unpaired) electrons. The average Bonchev–Trinajstić information content (AvgIpc) is 2.94. The van der Waals surface area contributed by atoms with Crippen LogP contribution in [0.25, 0.3) is 0 Å². The van der Waals surface area contributed by atoms with Gasteiger partial charge in [-0.25, -0.2) is 8.42 Å². The molecular formula is C33H42ClN3O4S. The maximum absolute atomic E-state index is 14.0. The first-order chi connectivity index (χ1) is 19.9. The van der Waals surface area contributed by atoms with Crippen LogP contribution in [-0.2, 0) is 32.6 Å². The third kappa shape index (κ3) is 9.33. The Hall–Kier alpha value is -3.36. The fourth-order valence-corrected chi connectivity index (χ4v) is 6.04. The first-order valence-electron chi connectivity index (χ1n) is 14.3. The molecule has 0 saturated heterocycles. The minimum absolute atomic E-state index is 0.0454. The van der Waals surface area contributed by atoms with E-state index in [0.29, 0.717) is 22.7 Å². The number of nitrogens with zero attached hydrogens (tertiary/aromatic N) is 2. The van der Waals surface area contributed by atoms with Crippen molar-refractivity contribution in [2.75, 3.05) is 17.1 Å². The van der Waals surface area contributed by atoms with Crippen LogP contribution >= 0.6 is 11.6 Å². The van der Waals surface area contributed by atoms with Crippen molar-refractivity contribution in [1.29, 1.82) is 0 Å². The van der Waals surface area contributed by atoms with Crippen molar-refractivity contribution in [2.24, 2.45) is 0 Å². The Morgan fingerprint density at radius 3 is 2.26 bits per heavy atom. The normalized spacial score (nSPS) is 12.8. The molecular weight excluding hydrogens is 570 g/mol. The van der Waals surface area contributed by atoms with Gasteiger partial charge in [0.15, 0.2) is 0 Å². The lowest BCUT2D eigenvalue weighted by molar-refractivity contribution is -0.141. The van der Waals surface area contributed by atoms with E-state index in [1.165, 1.54) is 4.31 Å². The molecule has 3 rings (SSSR count). The molecule has 1 N–H and O–H groups in total. The van der Waals surface area contributed by atoms with Gasteiger partial charge in [-0.3, -0.25) is 13.9 Å². The van der Waals surface area contributed by atoms with Crippen LogP contribution in [0.5, 0.6) is 0 Å². The van der Waals surface area contributed by atoms with Gasteiger partial charge in [0.05, 0.1) is 11.9 Å². The Morgan fingerprint density at radius 2 is 1.62 bits per heavy atom. The van der Waals surface area contributed by atoms with Gasteiger partial charge in [-0.2, -0.15) is 0 Å². The lowest BCUT2D eigenvalue weighted by Crippen LogP contribution is -2.52. The van der Waals surface area contributed by atoms with E-state index in [4.69, 9.17) is 11.6 Å². The van der Waals surface area contributed by atoms with E-state index < -0.39 is 16.1 Å². The molecule has 0 unspecified atom stereocenters. The number of carbonyl (C=O) groups is 2. The number of hydrogen-bond donors (Lipinski definition) is 1. The predicted molar refractivity (Wildman–Crippen MR) is 171 cm³/mol. The summed E-state index contributed by atoms with van der Waals surface area (Å²) in [5.74, 6) is -0.422. The van der Waals surface area contributed by atoms with Gasteiger partial charge in [-0.15, -0.1) is 0 Å². The zero-order valence-corrected chi connectivity index (χ0v) is 26.7. The van der Waals surface area contributed by atoms with Crippen molar-refractivity contribution in [3.05, 3.63) is 100 Å². The highest BCUT2D eigenvalue weighted by Crippen LogP contribution is 2.28. The van der Waals surface area contributed by atoms with E-state index in [0.717, 1.165) is 29.4 Å². The Balaban J connectivity index is 1.91. The number of nitrogens with one attached hydrogen (secondary N) is 1. The number of carbonyl (C=O) groups excluding carboxylic acids is 2. The largest absolute Gasteiger partial charge is 0.352 e. The Bertz CT molecular complexity index is 1460. The molecule has 2 atom stereocenters. The van der Waals surface area contributed by atoms with Gasteiger partial charge in [-0.1, -0.05) is 84.8 Å². The summed E-state index contributed by atoms with van der Waals surface area (Å²) in [7, 11) is -3.63. The van der Waals surface area contributed by atoms with Crippen molar-refractivity contribution in [1.82, 2.24) is 10.2 Å².